The molecule has 3 aromatic rings. The van der Waals surface area contributed by atoms with Gasteiger partial charge in [0.2, 0.25) is 5.95 Å². The fraction of sp³-hybridized carbons (Fsp3) is 0.368. The molecular formula is C19H22ClN7. The van der Waals surface area contributed by atoms with Crippen molar-refractivity contribution in [1.29, 1.82) is 0 Å². The topological polar surface area (TPSA) is 102 Å². The summed E-state index contributed by atoms with van der Waals surface area (Å²) in [5.41, 5.74) is 6.92. The van der Waals surface area contributed by atoms with Gasteiger partial charge < -0.3 is 16.4 Å². The Morgan fingerprint density at radius 2 is 1.81 bits per heavy atom. The second-order valence-electron chi connectivity index (χ2n) is 6.95. The van der Waals surface area contributed by atoms with Crippen LogP contribution in [0.5, 0.6) is 0 Å². The molecule has 27 heavy (non-hydrogen) atoms. The first-order valence-electron chi connectivity index (χ1n) is 9.16. The maximum absolute atomic E-state index is 6.16. The van der Waals surface area contributed by atoms with Gasteiger partial charge in [0.1, 0.15) is 11.3 Å². The maximum Gasteiger partial charge on any atom is 0.222 e. The van der Waals surface area contributed by atoms with E-state index < -0.39 is 0 Å². The Labute approximate surface area is 162 Å². The Kier molecular flexibility index (Phi) is 5.20. The number of halogens is 1. The summed E-state index contributed by atoms with van der Waals surface area (Å²) in [5, 5.41) is 8.29. The number of hydrogen-bond donors (Lipinski definition) is 3. The van der Waals surface area contributed by atoms with Gasteiger partial charge in [-0.3, -0.25) is 0 Å². The van der Waals surface area contributed by atoms with E-state index in [-0.39, 0.29) is 0 Å². The van der Waals surface area contributed by atoms with Gasteiger partial charge in [-0.25, -0.2) is 19.9 Å². The predicted octanol–water partition coefficient (Wildman–Crippen LogP) is 3.74. The van der Waals surface area contributed by atoms with Gasteiger partial charge in [-0.15, -0.1) is 0 Å². The van der Waals surface area contributed by atoms with Crippen molar-refractivity contribution in [2.24, 2.45) is 5.92 Å². The molecule has 1 saturated carbocycles. The largest absolute Gasteiger partial charge is 0.396 e. The molecule has 0 saturated heterocycles. The van der Waals surface area contributed by atoms with Crippen LogP contribution >= 0.6 is 11.6 Å². The molecule has 3 aromatic heterocycles. The predicted molar refractivity (Wildman–Crippen MR) is 109 cm³/mol. The van der Waals surface area contributed by atoms with Crippen molar-refractivity contribution in [3.8, 4) is 0 Å². The number of hydrogen-bond acceptors (Lipinski definition) is 7. The van der Waals surface area contributed by atoms with E-state index in [1.807, 2.05) is 18.2 Å². The summed E-state index contributed by atoms with van der Waals surface area (Å²) in [6.45, 7) is 0.881. The lowest BCUT2D eigenvalue weighted by molar-refractivity contribution is 0.350. The monoisotopic (exact) mass is 383 g/mol. The molecule has 140 valence electrons. The lowest BCUT2D eigenvalue weighted by Crippen LogP contribution is -2.29. The molecule has 0 unspecified atom stereocenters. The quantitative estimate of drug-likeness (QED) is 0.577. The molecule has 0 radical (unpaired) electrons. The molecule has 1 aliphatic carbocycles. The van der Waals surface area contributed by atoms with Gasteiger partial charge in [-0.2, -0.15) is 0 Å². The zero-order chi connectivity index (χ0) is 18.6. The van der Waals surface area contributed by atoms with Crippen LogP contribution in [0.3, 0.4) is 0 Å². The van der Waals surface area contributed by atoms with E-state index in [2.05, 4.69) is 30.6 Å². The molecule has 0 amide bonds. The van der Waals surface area contributed by atoms with Crippen molar-refractivity contribution >= 4 is 40.0 Å². The smallest absolute Gasteiger partial charge is 0.222 e. The average molecular weight is 384 g/mol. The average Bonchev–Trinajstić information content (AvgIpc) is 2.69. The molecule has 0 spiro atoms. The van der Waals surface area contributed by atoms with Crippen LogP contribution in [0.15, 0.2) is 36.8 Å². The molecule has 3 heterocycles. The summed E-state index contributed by atoms with van der Waals surface area (Å²) in [5.74, 6) is 2.11. The minimum Gasteiger partial charge on any atom is -0.396 e. The summed E-state index contributed by atoms with van der Waals surface area (Å²) < 4.78 is 0. The molecule has 1 fully saturated rings. The molecule has 4 N–H and O–H groups in total. The molecule has 0 aliphatic heterocycles. The minimum absolute atomic E-state index is 0.425. The highest BCUT2D eigenvalue weighted by atomic mass is 35.5. The Morgan fingerprint density at radius 3 is 2.59 bits per heavy atom. The molecular weight excluding hydrogens is 362 g/mol. The normalized spacial score (nSPS) is 19.7. The number of nitrogens with zero attached hydrogens (tertiary/aromatic N) is 4. The van der Waals surface area contributed by atoms with E-state index >= 15 is 0 Å². The Morgan fingerprint density at radius 1 is 1.04 bits per heavy atom. The lowest BCUT2D eigenvalue weighted by Gasteiger charge is -2.29. The van der Waals surface area contributed by atoms with Crippen LogP contribution in [0, 0.1) is 5.92 Å². The van der Waals surface area contributed by atoms with Crippen LogP contribution in [-0.2, 0) is 0 Å². The number of fused-ring (bicyclic) bond motifs is 1. The number of nitrogen functional groups attached to an aromatic ring is 1. The number of nitrogens with one attached hydrogen (secondary N) is 2. The van der Waals surface area contributed by atoms with E-state index in [1.165, 1.54) is 0 Å². The third kappa shape index (κ3) is 4.36. The van der Waals surface area contributed by atoms with Gasteiger partial charge in [0, 0.05) is 24.2 Å². The molecule has 4 rings (SSSR count). The number of anilines is 3. The minimum atomic E-state index is 0.425. The Hall–Kier alpha value is -2.67. The van der Waals surface area contributed by atoms with Gasteiger partial charge >= 0.3 is 0 Å². The zero-order valence-corrected chi connectivity index (χ0v) is 15.7. The van der Waals surface area contributed by atoms with Crippen LogP contribution in [0.1, 0.15) is 25.7 Å². The SMILES string of the molecule is Nc1cnc(NCC2CCC(Nc3ccc4ccnc(Cl)c4n3)CC2)nc1. The Balaban J connectivity index is 1.29. The van der Waals surface area contributed by atoms with Crippen LogP contribution in [0.2, 0.25) is 5.15 Å². The second kappa shape index (κ2) is 7.92. The molecule has 1 aliphatic rings. The first-order chi connectivity index (χ1) is 13.2. The van der Waals surface area contributed by atoms with Gasteiger partial charge in [0.05, 0.1) is 18.1 Å². The number of rotatable bonds is 5. The molecule has 0 aromatic carbocycles. The van der Waals surface area contributed by atoms with Crippen LogP contribution in [0.25, 0.3) is 10.9 Å². The van der Waals surface area contributed by atoms with Crippen molar-refractivity contribution in [3.05, 3.63) is 41.9 Å². The highest BCUT2D eigenvalue weighted by Crippen LogP contribution is 2.27. The highest BCUT2D eigenvalue weighted by Gasteiger charge is 2.21. The van der Waals surface area contributed by atoms with Crippen molar-refractivity contribution in [1.82, 2.24) is 19.9 Å². The van der Waals surface area contributed by atoms with E-state index in [0.717, 1.165) is 48.9 Å². The lowest BCUT2D eigenvalue weighted by atomic mass is 9.86. The molecule has 8 heteroatoms. The van der Waals surface area contributed by atoms with Gasteiger partial charge in [0.15, 0.2) is 5.15 Å². The van der Waals surface area contributed by atoms with Crippen molar-refractivity contribution in [3.63, 3.8) is 0 Å². The van der Waals surface area contributed by atoms with Crippen LogP contribution < -0.4 is 16.4 Å². The van der Waals surface area contributed by atoms with Crippen molar-refractivity contribution in [2.75, 3.05) is 22.9 Å². The summed E-state index contributed by atoms with van der Waals surface area (Å²) in [4.78, 5) is 17.1. The van der Waals surface area contributed by atoms with Crippen LogP contribution in [0.4, 0.5) is 17.5 Å². The highest BCUT2D eigenvalue weighted by molar-refractivity contribution is 6.33. The number of aromatic nitrogens is 4. The molecule has 0 atom stereocenters. The first-order valence-corrected chi connectivity index (χ1v) is 9.54. The van der Waals surface area contributed by atoms with Gasteiger partial charge in [-0.1, -0.05) is 11.6 Å². The summed E-state index contributed by atoms with van der Waals surface area (Å²) in [6, 6.07) is 6.38. The summed E-state index contributed by atoms with van der Waals surface area (Å²) >= 11 is 6.16. The molecule has 7 nitrogen and oxygen atoms in total. The second-order valence-corrected chi connectivity index (χ2v) is 7.31. The van der Waals surface area contributed by atoms with Crippen molar-refractivity contribution in [2.45, 2.75) is 31.7 Å². The molecule has 0 bridgehead atoms. The fourth-order valence-electron chi connectivity index (χ4n) is 3.48. The summed E-state index contributed by atoms with van der Waals surface area (Å²) in [7, 11) is 0. The van der Waals surface area contributed by atoms with Gasteiger partial charge in [-0.05, 0) is 49.8 Å². The standard InChI is InChI=1S/C19H22ClN7/c20-18-17-13(7-8-22-18)3-6-16(27-17)26-15-4-1-12(2-5-15)9-23-19-24-10-14(21)11-25-19/h3,6-8,10-12,15H,1-2,4-5,9,21H2,(H,26,27)(H,23,24,25). The summed E-state index contributed by atoms with van der Waals surface area (Å²) in [6.07, 6.45) is 9.45. The number of nitrogens with two attached hydrogens (primary N) is 1. The first kappa shape index (κ1) is 17.7. The maximum atomic E-state index is 6.16. The van der Waals surface area contributed by atoms with Gasteiger partial charge in [0.25, 0.3) is 0 Å². The van der Waals surface area contributed by atoms with Crippen molar-refractivity contribution < 1.29 is 0 Å². The third-order valence-electron chi connectivity index (χ3n) is 4.98. The van der Waals surface area contributed by atoms with E-state index in [0.29, 0.717) is 28.7 Å². The van der Waals surface area contributed by atoms with E-state index in [1.54, 1.807) is 18.6 Å². The Bertz CT molecular complexity index is 908. The van der Waals surface area contributed by atoms with E-state index in [4.69, 9.17) is 17.3 Å². The third-order valence-corrected chi connectivity index (χ3v) is 5.26. The van der Waals surface area contributed by atoms with Crippen LogP contribution in [-0.4, -0.2) is 32.5 Å². The number of pyridine rings is 2. The fourth-order valence-corrected chi connectivity index (χ4v) is 3.69. The van der Waals surface area contributed by atoms with E-state index in [9.17, 15) is 0 Å². The zero-order valence-electron chi connectivity index (χ0n) is 14.9.